The zero-order chi connectivity index (χ0) is 15.4. The Hall–Kier alpha value is -0.900. The summed E-state index contributed by atoms with van der Waals surface area (Å²) >= 11 is 0. The van der Waals surface area contributed by atoms with E-state index in [9.17, 15) is 0 Å². The van der Waals surface area contributed by atoms with E-state index in [2.05, 4.69) is 68.2 Å². The first-order valence-electron chi connectivity index (χ1n) is 8.22. The van der Waals surface area contributed by atoms with Crippen molar-refractivity contribution in [2.75, 3.05) is 40.3 Å². The number of nitrogens with one attached hydrogen (secondary N) is 1. The van der Waals surface area contributed by atoms with Crippen LogP contribution in [-0.2, 0) is 0 Å². The molecule has 1 N–H and O–H groups in total. The molecule has 0 radical (unpaired) electrons. The van der Waals surface area contributed by atoms with Crippen LogP contribution in [0.15, 0.2) is 18.2 Å². The molecule has 1 aliphatic rings. The van der Waals surface area contributed by atoms with Crippen LogP contribution in [-0.4, -0.2) is 56.1 Å². The molecule has 1 aliphatic heterocycles. The van der Waals surface area contributed by atoms with Gasteiger partial charge in [-0.3, -0.25) is 0 Å². The van der Waals surface area contributed by atoms with Gasteiger partial charge in [0.2, 0.25) is 0 Å². The molecule has 2 unspecified atom stereocenters. The Bertz CT molecular complexity index is 458. The van der Waals surface area contributed by atoms with Gasteiger partial charge in [-0.2, -0.15) is 0 Å². The van der Waals surface area contributed by atoms with Crippen molar-refractivity contribution in [1.82, 2.24) is 15.1 Å². The first-order valence-corrected chi connectivity index (χ1v) is 8.22. The Morgan fingerprint density at radius 2 is 2.00 bits per heavy atom. The van der Waals surface area contributed by atoms with Crippen LogP contribution in [0.3, 0.4) is 0 Å². The molecular formula is C18H31N3. The van der Waals surface area contributed by atoms with Crippen molar-refractivity contribution in [2.45, 2.75) is 39.3 Å². The predicted octanol–water partition coefficient (Wildman–Crippen LogP) is 2.59. The van der Waals surface area contributed by atoms with Gasteiger partial charge < -0.3 is 15.1 Å². The molecule has 0 spiro atoms. The Morgan fingerprint density at radius 1 is 1.24 bits per heavy atom. The third kappa shape index (κ3) is 3.85. The molecular weight excluding hydrogens is 258 g/mol. The monoisotopic (exact) mass is 289 g/mol. The van der Waals surface area contributed by atoms with E-state index in [1.807, 2.05) is 0 Å². The summed E-state index contributed by atoms with van der Waals surface area (Å²) in [5, 5.41) is 3.75. The molecule has 3 heteroatoms. The van der Waals surface area contributed by atoms with Crippen LogP contribution in [0.4, 0.5) is 0 Å². The summed E-state index contributed by atoms with van der Waals surface area (Å²) in [6.07, 6.45) is 1.26. The highest BCUT2D eigenvalue weighted by Gasteiger charge is 2.30. The highest BCUT2D eigenvalue weighted by atomic mass is 15.2. The van der Waals surface area contributed by atoms with Gasteiger partial charge in [-0.1, -0.05) is 25.1 Å². The lowest BCUT2D eigenvalue weighted by atomic mass is 9.92. The maximum Gasteiger partial charge on any atom is 0.0493 e. The van der Waals surface area contributed by atoms with Crippen LogP contribution in [0.1, 0.15) is 36.1 Å². The second-order valence-corrected chi connectivity index (χ2v) is 6.49. The number of hydrogen-bond donors (Lipinski definition) is 1. The normalized spacial score (nSPS) is 23.0. The van der Waals surface area contributed by atoms with Crippen LogP contribution in [0.25, 0.3) is 0 Å². The molecule has 1 fully saturated rings. The van der Waals surface area contributed by atoms with Crippen molar-refractivity contribution in [3.05, 3.63) is 34.9 Å². The minimum Gasteiger partial charge on any atom is -0.309 e. The molecule has 2 rings (SSSR count). The quantitative estimate of drug-likeness (QED) is 0.919. The maximum atomic E-state index is 3.75. The van der Waals surface area contributed by atoms with E-state index < -0.39 is 0 Å². The fourth-order valence-corrected chi connectivity index (χ4v) is 3.45. The molecule has 2 atom stereocenters. The first-order chi connectivity index (χ1) is 10.0. The first kappa shape index (κ1) is 16.5. The van der Waals surface area contributed by atoms with Crippen molar-refractivity contribution in [2.24, 2.45) is 0 Å². The average molecular weight is 289 g/mol. The molecule has 0 aliphatic carbocycles. The number of rotatable bonds is 4. The van der Waals surface area contributed by atoms with E-state index in [1.54, 1.807) is 0 Å². The lowest BCUT2D eigenvalue weighted by Gasteiger charge is -2.36. The molecule has 3 nitrogen and oxygen atoms in total. The third-order valence-corrected chi connectivity index (χ3v) is 4.91. The highest BCUT2D eigenvalue weighted by molar-refractivity contribution is 5.36. The van der Waals surface area contributed by atoms with Gasteiger partial charge in [0.25, 0.3) is 0 Å². The fourth-order valence-electron chi connectivity index (χ4n) is 3.45. The molecule has 0 saturated carbocycles. The Balaban J connectivity index is 2.34. The van der Waals surface area contributed by atoms with Gasteiger partial charge in [0, 0.05) is 18.6 Å². The summed E-state index contributed by atoms with van der Waals surface area (Å²) < 4.78 is 0. The molecule has 21 heavy (non-hydrogen) atoms. The van der Waals surface area contributed by atoms with Crippen LogP contribution >= 0.6 is 0 Å². The second-order valence-electron chi connectivity index (χ2n) is 6.49. The molecule has 1 aromatic carbocycles. The van der Waals surface area contributed by atoms with Gasteiger partial charge in [0.1, 0.15) is 0 Å². The molecule has 1 heterocycles. The van der Waals surface area contributed by atoms with Gasteiger partial charge >= 0.3 is 0 Å². The maximum absolute atomic E-state index is 3.75. The SMILES string of the molecule is CCNC(c1cccc(C)c1C)C1CN(C)CCCN1C. The second kappa shape index (κ2) is 7.39. The Morgan fingerprint density at radius 3 is 2.71 bits per heavy atom. The highest BCUT2D eigenvalue weighted by Crippen LogP contribution is 2.27. The predicted molar refractivity (Wildman–Crippen MR) is 90.9 cm³/mol. The van der Waals surface area contributed by atoms with E-state index in [4.69, 9.17) is 0 Å². The zero-order valence-electron chi connectivity index (χ0n) is 14.3. The van der Waals surface area contributed by atoms with Crippen molar-refractivity contribution >= 4 is 0 Å². The molecule has 0 aromatic heterocycles. The lowest BCUT2D eigenvalue weighted by molar-refractivity contribution is 0.179. The summed E-state index contributed by atoms with van der Waals surface area (Å²) in [6.45, 7) is 11.2. The van der Waals surface area contributed by atoms with Crippen molar-refractivity contribution in [3.8, 4) is 0 Å². The van der Waals surface area contributed by atoms with Gasteiger partial charge in [-0.05, 0) is 70.7 Å². The molecule has 1 saturated heterocycles. The van der Waals surface area contributed by atoms with Gasteiger partial charge in [0.05, 0.1) is 0 Å². The Labute approximate surface area is 130 Å². The number of hydrogen-bond acceptors (Lipinski definition) is 3. The Kier molecular flexibility index (Phi) is 5.80. The van der Waals surface area contributed by atoms with E-state index in [0.717, 1.165) is 13.1 Å². The average Bonchev–Trinajstić information content (AvgIpc) is 2.61. The topological polar surface area (TPSA) is 18.5 Å². The summed E-state index contributed by atoms with van der Waals surface area (Å²) in [6, 6.07) is 7.64. The van der Waals surface area contributed by atoms with Crippen molar-refractivity contribution < 1.29 is 0 Å². The minimum atomic E-state index is 0.403. The number of nitrogens with zero attached hydrogens (tertiary/aromatic N) is 2. The zero-order valence-corrected chi connectivity index (χ0v) is 14.3. The van der Waals surface area contributed by atoms with E-state index >= 15 is 0 Å². The van der Waals surface area contributed by atoms with Crippen LogP contribution in [0, 0.1) is 13.8 Å². The van der Waals surface area contributed by atoms with E-state index in [1.165, 1.54) is 36.2 Å². The van der Waals surface area contributed by atoms with Gasteiger partial charge in [-0.25, -0.2) is 0 Å². The van der Waals surface area contributed by atoms with Crippen molar-refractivity contribution in [3.63, 3.8) is 0 Å². The number of likely N-dealkylation sites (N-methyl/N-ethyl adjacent to an activating group) is 3. The molecule has 0 bridgehead atoms. The minimum absolute atomic E-state index is 0.403. The summed E-state index contributed by atoms with van der Waals surface area (Å²) in [4.78, 5) is 5.02. The van der Waals surface area contributed by atoms with E-state index in [-0.39, 0.29) is 0 Å². The van der Waals surface area contributed by atoms with Crippen LogP contribution in [0.5, 0.6) is 0 Å². The largest absolute Gasteiger partial charge is 0.309 e. The fraction of sp³-hybridized carbons (Fsp3) is 0.667. The van der Waals surface area contributed by atoms with Gasteiger partial charge in [0.15, 0.2) is 0 Å². The summed E-state index contributed by atoms with van der Waals surface area (Å²) in [7, 11) is 4.53. The molecule has 1 aromatic rings. The molecule has 0 amide bonds. The van der Waals surface area contributed by atoms with Crippen LogP contribution in [0.2, 0.25) is 0 Å². The standard InChI is InChI=1S/C18H31N3/c1-6-19-18(16-10-7-9-14(2)15(16)3)17-13-20(4)11-8-12-21(17)5/h7,9-10,17-19H,6,8,11-13H2,1-5H3. The van der Waals surface area contributed by atoms with Crippen LogP contribution < -0.4 is 5.32 Å². The van der Waals surface area contributed by atoms with E-state index in [0.29, 0.717) is 12.1 Å². The lowest BCUT2D eigenvalue weighted by Crippen LogP contribution is -2.47. The molecule has 118 valence electrons. The smallest absolute Gasteiger partial charge is 0.0493 e. The number of aryl methyl sites for hydroxylation is 1. The summed E-state index contributed by atoms with van der Waals surface area (Å²) in [5.41, 5.74) is 4.28. The van der Waals surface area contributed by atoms with Crippen molar-refractivity contribution in [1.29, 1.82) is 0 Å². The summed E-state index contributed by atoms with van der Waals surface area (Å²) in [5.74, 6) is 0. The number of benzene rings is 1. The van der Waals surface area contributed by atoms with Gasteiger partial charge in [-0.15, -0.1) is 0 Å². The third-order valence-electron chi connectivity index (χ3n) is 4.91.